The molecule has 6 heteroatoms. The molecule has 1 amide bonds. The fourth-order valence-corrected chi connectivity index (χ4v) is 4.91. The molecule has 0 spiro atoms. The lowest BCUT2D eigenvalue weighted by molar-refractivity contribution is -0.216. The molecule has 0 aromatic heterocycles. The van der Waals surface area contributed by atoms with Crippen LogP contribution in [0.3, 0.4) is 0 Å². The van der Waals surface area contributed by atoms with Gasteiger partial charge >= 0.3 is 6.09 Å². The van der Waals surface area contributed by atoms with Crippen molar-refractivity contribution in [1.29, 1.82) is 0 Å². The third kappa shape index (κ3) is 5.57. The van der Waals surface area contributed by atoms with Gasteiger partial charge in [0.15, 0.2) is 5.72 Å². The van der Waals surface area contributed by atoms with Gasteiger partial charge in [0, 0.05) is 28.7 Å². The van der Waals surface area contributed by atoms with E-state index in [1.165, 1.54) is 6.42 Å². The van der Waals surface area contributed by atoms with Gasteiger partial charge in [-0.2, -0.15) is 0 Å². The van der Waals surface area contributed by atoms with Gasteiger partial charge in [-0.15, -0.1) is 0 Å². The van der Waals surface area contributed by atoms with Gasteiger partial charge in [-0.25, -0.2) is 4.79 Å². The highest BCUT2D eigenvalue weighted by atomic mass is 127. The van der Waals surface area contributed by atoms with Gasteiger partial charge in [0.2, 0.25) is 0 Å². The van der Waals surface area contributed by atoms with E-state index < -0.39 is 11.8 Å². The van der Waals surface area contributed by atoms with Crippen molar-refractivity contribution in [3.05, 3.63) is 33.4 Å². The third-order valence-corrected chi connectivity index (χ3v) is 6.31. The average Bonchev–Trinajstić information content (AvgIpc) is 2.67. The molecule has 1 aliphatic carbocycles. The van der Waals surface area contributed by atoms with E-state index >= 15 is 0 Å². The fraction of sp³-hybridized carbons (Fsp3) is 0.667. The minimum atomic E-state index is -1.02. The Labute approximate surface area is 176 Å². The molecule has 1 aromatic rings. The second kappa shape index (κ2) is 11.2. The molecule has 1 aromatic carbocycles. The summed E-state index contributed by atoms with van der Waals surface area (Å²) >= 11 is 2.29. The van der Waals surface area contributed by atoms with Crippen LogP contribution in [-0.4, -0.2) is 36.0 Å². The lowest BCUT2D eigenvalue weighted by atomic mass is 9.88. The summed E-state index contributed by atoms with van der Waals surface area (Å²) in [6.45, 7) is 2.22. The first-order chi connectivity index (χ1) is 13.1. The molecule has 1 N–H and O–H groups in total. The number of benzene rings is 1. The second-order valence-electron chi connectivity index (χ2n) is 7.22. The zero-order chi connectivity index (χ0) is 19.7. The molecular weight excluding hydrogens is 457 g/mol. The van der Waals surface area contributed by atoms with Crippen LogP contribution in [0.5, 0.6) is 0 Å². The number of hydrogen-bond acceptors (Lipinski definition) is 3. The molecule has 0 unspecified atom stereocenters. The Kier molecular flexibility index (Phi) is 9.32. The lowest BCUT2D eigenvalue weighted by Gasteiger charge is -2.47. The molecule has 152 valence electrons. The highest BCUT2D eigenvalue weighted by Gasteiger charge is 2.47. The molecule has 1 aliphatic rings. The Hall–Kier alpha value is -0.860. The van der Waals surface area contributed by atoms with Crippen molar-refractivity contribution >= 4 is 28.7 Å². The number of ether oxygens (including phenoxy) is 2. The highest BCUT2D eigenvalue weighted by Crippen LogP contribution is 2.42. The molecule has 1 saturated carbocycles. The molecule has 2 rings (SSSR count). The fourth-order valence-electron chi connectivity index (χ4n) is 4.10. The summed E-state index contributed by atoms with van der Waals surface area (Å²) in [6.07, 6.45) is 7.83. The van der Waals surface area contributed by atoms with E-state index in [1.54, 1.807) is 12.0 Å². The standard InChI is InChI=1S/C21H32INO4/c1-3-4-10-15-21(27-16-26-2,18-13-8-9-14-19(18)22)23(20(24)25)17-11-6-5-7-12-17/h8-9,13-14,17H,3-7,10-12,15-16H2,1-2H3,(H,24,25)/t21-/m0/s1. The Morgan fingerprint density at radius 2 is 1.96 bits per heavy atom. The lowest BCUT2D eigenvalue weighted by Crippen LogP contribution is -2.56. The highest BCUT2D eigenvalue weighted by molar-refractivity contribution is 14.1. The van der Waals surface area contributed by atoms with E-state index in [0.29, 0.717) is 6.42 Å². The molecular formula is C21H32INO4. The van der Waals surface area contributed by atoms with Crippen molar-refractivity contribution in [3.8, 4) is 0 Å². The number of carbonyl (C=O) groups is 1. The Balaban J connectivity index is 2.54. The predicted octanol–water partition coefficient (Wildman–Crippen LogP) is 5.96. The van der Waals surface area contributed by atoms with Crippen molar-refractivity contribution in [2.45, 2.75) is 76.5 Å². The topological polar surface area (TPSA) is 59.0 Å². The van der Waals surface area contributed by atoms with Crippen molar-refractivity contribution in [3.63, 3.8) is 0 Å². The normalized spacial score (nSPS) is 17.4. The summed E-state index contributed by atoms with van der Waals surface area (Å²) < 4.78 is 12.5. The number of hydrogen-bond donors (Lipinski definition) is 1. The molecule has 0 aliphatic heterocycles. The van der Waals surface area contributed by atoms with E-state index in [-0.39, 0.29) is 12.8 Å². The van der Waals surface area contributed by atoms with E-state index in [4.69, 9.17) is 9.47 Å². The van der Waals surface area contributed by atoms with Gasteiger partial charge in [0.05, 0.1) is 0 Å². The Bertz CT molecular complexity index is 591. The van der Waals surface area contributed by atoms with Crippen molar-refractivity contribution in [1.82, 2.24) is 4.90 Å². The van der Waals surface area contributed by atoms with Gasteiger partial charge < -0.3 is 14.6 Å². The number of halogens is 1. The van der Waals surface area contributed by atoms with Gasteiger partial charge in [0.1, 0.15) is 6.79 Å². The maximum absolute atomic E-state index is 12.5. The first kappa shape index (κ1) is 22.4. The number of nitrogens with zero attached hydrogens (tertiary/aromatic N) is 1. The molecule has 0 heterocycles. The van der Waals surface area contributed by atoms with E-state index in [2.05, 4.69) is 29.5 Å². The van der Waals surface area contributed by atoms with Crippen LogP contribution in [0.25, 0.3) is 0 Å². The zero-order valence-corrected chi connectivity index (χ0v) is 18.6. The molecule has 5 nitrogen and oxygen atoms in total. The van der Waals surface area contributed by atoms with Gasteiger partial charge in [-0.05, 0) is 47.9 Å². The molecule has 0 saturated heterocycles. The molecule has 0 bridgehead atoms. The van der Waals surface area contributed by atoms with Crippen molar-refractivity contribution < 1.29 is 19.4 Å². The number of unbranched alkanes of at least 4 members (excludes halogenated alkanes) is 2. The van der Waals surface area contributed by atoms with Crippen LogP contribution in [0.1, 0.15) is 70.3 Å². The first-order valence-electron chi connectivity index (χ1n) is 9.97. The Morgan fingerprint density at radius 1 is 1.26 bits per heavy atom. The van der Waals surface area contributed by atoms with Gasteiger partial charge in [0.25, 0.3) is 0 Å². The zero-order valence-electron chi connectivity index (χ0n) is 16.5. The number of carboxylic acid groups (broad SMARTS) is 1. The quantitative estimate of drug-likeness (QED) is 0.251. The summed E-state index contributed by atoms with van der Waals surface area (Å²) in [7, 11) is 1.58. The summed E-state index contributed by atoms with van der Waals surface area (Å²) in [5, 5.41) is 10.3. The smallest absolute Gasteiger partial charge is 0.410 e. The SMILES string of the molecule is CCCCC[C@](OCOC)(c1ccccc1I)N(C(=O)O)C1CCCCC1. The average molecular weight is 489 g/mol. The maximum Gasteiger partial charge on any atom is 0.410 e. The van der Waals surface area contributed by atoms with Gasteiger partial charge in [-0.1, -0.05) is 57.2 Å². The van der Waals surface area contributed by atoms with Crippen molar-refractivity contribution in [2.24, 2.45) is 0 Å². The van der Waals surface area contributed by atoms with E-state index in [1.807, 2.05) is 24.3 Å². The van der Waals surface area contributed by atoms with Crippen LogP contribution in [-0.2, 0) is 15.2 Å². The largest absolute Gasteiger partial charge is 0.465 e. The predicted molar refractivity (Wildman–Crippen MR) is 115 cm³/mol. The van der Waals surface area contributed by atoms with Crippen LogP contribution < -0.4 is 0 Å². The maximum atomic E-state index is 12.5. The number of amides is 1. The Morgan fingerprint density at radius 3 is 2.56 bits per heavy atom. The second-order valence-corrected chi connectivity index (χ2v) is 8.38. The summed E-state index contributed by atoms with van der Waals surface area (Å²) in [6, 6.07) is 7.93. The molecule has 1 fully saturated rings. The van der Waals surface area contributed by atoms with Gasteiger partial charge in [-0.3, -0.25) is 4.90 Å². The molecule has 27 heavy (non-hydrogen) atoms. The molecule has 0 radical (unpaired) electrons. The first-order valence-corrected chi connectivity index (χ1v) is 11.0. The monoisotopic (exact) mass is 489 g/mol. The summed E-state index contributed by atoms with van der Waals surface area (Å²) in [5.41, 5.74) is -0.0942. The van der Waals surface area contributed by atoms with Crippen LogP contribution in [0.2, 0.25) is 0 Å². The van der Waals surface area contributed by atoms with Crippen LogP contribution in [0.15, 0.2) is 24.3 Å². The van der Waals surface area contributed by atoms with Crippen LogP contribution >= 0.6 is 22.6 Å². The van der Waals surface area contributed by atoms with Crippen molar-refractivity contribution in [2.75, 3.05) is 13.9 Å². The third-order valence-electron chi connectivity index (χ3n) is 5.36. The van der Waals surface area contributed by atoms with E-state index in [0.717, 1.165) is 54.1 Å². The van der Waals surface area contributed by atoms with E-state index in [9.17, 15) is 9.90 Å². The minimum Gasteiger partial charge on any atom is -0.465 e. The summed E-state index contributed by atoms with van der Waals surface area (Å²) in [4.78, 5) is 14.1. The summed E-state index contributed by atoms with van der Waals surface area (Å²) in [5.74, 6) is 0. The van der Waals surface area contributed by atoms with Crippen LogP contribution in [0.4, 0.5) is 4.79 Å². The number of rotatable bonds is 10. The van der Waals surface area contributed by atoms with Crippen LogP contribution in [0, 0.1) is 3.57 Å². The minimum absolute atomic E-state index is 0.0225. The molecule has 1 atom stereocenters. The number of methoxy groups -OCH3 is 1.